The van der Waals surface area contributed by atoms with Crippen molar-refractivity contribution in [2.45, 2.75) is 52.1 Å². The van der Waals surface area contributed by atoms with Gasteiger partial charge >= 0.3 is 0 Å². The maximum atomic E-state index is 12.7. The predicted molar refractivity (Wildman–Crippen MR) is 86.0 cm³/mol. The fourth-order valence-corrected chi connectivity index (χ4v) is 3.11. The molecule has 2 atom stereocenters. The number of anilines is 1. The molecule has 0 spiro atoms. The molecule has 0 radical (unpaired) electrons. The Morgan fingerprint density at radius 3 is 2.82 bits per heavy atom. The summed E-state index contributed by atoms with van der Waals surface area (Å²) in [5, 5.41) is 2.95. The first-order valence-corrected chi connectivity index (χ1v) is 8.14. The number of pyridine rings is 1. The summed E-state index contributed by atoms with van der Waals surface area (Å²) in [6, 6.07) is 3.57. The van der Waals surface area contributed by atoms with E-state index in [0.29, 0.717) is 30.7 Å². The molecule has 5 nitrogen and oxygen atoms in total. The summed E-state index contributed by atoms with van der Waals surface area (Å²) in [6.07, 6.45) is 5.36. The molecule has 1 amide bonds. The number of carbonyl (C=O) groups excluding carboxylic acids is 1. The van der Waals surface area contributed by atoms with Gasteiger partial charge in [0.05, 0.1) is 18.5 Å². The molecule has 1 heterocycles. The van der Waals surface area contributed by atoms with Crippen LogP contribution in [-0.2, 0) is 9.53 Å². The van der Waals surface area contributed by atoms with Crippen molar-refractivity contribution in [1.29, 1.82) is 0 Å². The second-order valence-electron chi connectivity index (χ2n) is 5.90. The molecular formula is C17H26N2O3. The summed E-state index contributed by atoms with van der Waals surface area (Å²) in [4.78, 5) is 16.9. The highest BCUT2D eigenvalue weighted by Crippen LogP contribution is 2.36. The summed E-state index contributed by atoms with van der Waals surface area (Å²) in [6.45, 7) is 7.14. The largest absolute Gasteiger partial charge is 0.478 e. The Kier molecular flexibility index (Phi) is 5.77. The van der Waals surface area contributed by atoms with Gasteiger partial charge in [-0.2, -0.15) is 0 Å². The number of nitrogens with one attached hydrogen (secondary N) is 1. The lowest BCUT2D eigenvalue weighted by Gasteiger charge is -2.38. The van der Waals surface area contributed by atoms with E-state index in [4.69, 9.17) is 9.47 Å². The van der Waals surface area contributed by atoms with Crippen molar-refractivity contribution >= 4 is 11.6 Å². The van der Waals surface area contributed by atoms with Crippen molar-refractivity contribution in [1.82, 2.24) is 4.98 Å². The van der Waals surface area contributed by atoms with Crippen molar-refractivity contribution in [2.75, 3.05) is 18.5 Å². The zero-order valence-corrected chi connectivity index (χ0v) is 13.7. The normalized spacial score (nSPS) is 24.8. The van der Waals surface area contributed by atoms with E-state index in [0.717, 1.165) is 25.7 Å². The summed E-state index contributed by atoms with van der Waals surface area (Å²) in [5.74, 6) is 1.00. The van der Waals surface area contributed by atoms with E-state index < -0.39 is 5.60 Å². The van der Waals surface area contributed by atoms with Crippen LogP contribution in [-0.4, -0.2) is 29.7 Å². The first-order chi connectivity index (χ1) is 10.6. The third-order valence-electron chi connectivity index (χ3n) is 4.08. The summed E-state index contributed by atoms with van der Waals surface area (Å²) in [5.41, 5.74) is -0.0314. The Hall–Kier alpha value is -1.62. The van der Waals surface area contributed by atoms with Gasteiger partial charge in [0.2, 0.25) is 5.88 Å². The number of hydrogen-bond acceptors (Lipinski definition) is 4. The maximum absolute atomic E-state index is 12.7. The highest BCUT2D eigenvalue weighted by Gasteiger charge is 2.42. The average molecular weight is 306 g/mol. The zero-order chi connectivity index (χ0) is 16.0. The second kappa shape index (κ2) is 7.58. The van der Waals surface area contributed by atoms with E-state index in [1.807, 2.05) is 19.9 Å². The van der Waals surface area contributed by atoms with Crippen LogP contribution in [0.1, 0.15) is 46.5 Å². The number of amides is 1. The van der Waals surface area contributed by atoms with Gasteiger partial charge < -0.3 is 14.8 Å². The monoisotopic (exact) mass is 306 g/mol. The number of carbonyl (C=O) groups is 1. The van der Waals surface area contributed by atoms with Gasteiger partial charge in [0.25, 0.3) is 5.91 Å². The minimum Gasteiger partial charge on any atom is -0.478 e. The van der Waals surface area contributed by atoms with Crippen molar-refractivity contribution in [3.63, 3.8) is 0 Å². The van der Waals surface area contributed by atoms with Crippen LogP contribution in [0.25, 0.3) is 0 Å². The van der Waals surface area contributed by atoms with Crippen molar-refractivity contribution in [3.8, 4) is 5.88 Å². The van der Waals surface area contributed by atoms with Gasteiger partial charge in [-0.3, -0.25) is 4.79 Å². The topological polar surface area (TPSA) is 60.5 Å². The third kappa shape index (κ3) is 3.97. The molecule has 0 aromatic carbocycles. The Labute approximate surface area is 132 Å². The van der Waals surface area contributed by atoms with E-state index in [1.54, 1.807) is 12.3 Å². The second-order valence-corrected chi connectivity index (χ2v) is 5.90. The molecule has 2 unspecified atom stereocenters. The molecule has 122 valence electrons. The van der Waals surface area contributed by atoms with E-state index in [1.165, 1.54) is 0 Å². The van der Waals surface area contributed by atoms with Crippen molar-refractivity contribution < 1.29 is 14.3 Å². The first-order valence-electron chi connectivity index (χ1n) is 8.14. The van der Waals surface area contributed by atoms with Gasteiger partial charge in [-0.05, 0) is 45.1 Å². The molecule has 0 saturated heterocycles. The molecule has 5 heteroatoms. The van der Waals surface area contributed by atoms with Crippen molar-refractivity contribution in [2.24, 2.45) is 5.92 Å². The van der Waals surface area contributed by atoms with Crippen molar-refractivity contribution in [3.05, 3.63) is 18.3 Å². The molecule has 1 N–H and O–H groups in total. The van der Waals surface area contributed by atoms with Gasteiger partial charge in [0.1, 0.15) is 5.60 Å². The Balaban J connectivity index is 2.07. The lowest BCUT2D eigenvalue weighted by molar-refractivity contribution is -0.147. The fraction of sp³-hybridized carbons (Fsp3) is 0.647. The average Bonchev–Trinajstić information content (AvgIpc) is 2.50. The summed E-state index contributed by atoms with van der Waals surface area (Å²) in [7, 11) is 0. The molecule has 1 aromatic heterocycles. The first kappa shape index (κ1) is 16.7. The Bertz CT molecular complexity index is 485. The highest BCUT2D eigenvalue weighted by molar-refractivity contribution is 5.97. The van der Waals surface area contributed by atoms with E-state index >= 15 is 0 Å². The SMILES string of the molecule is CCOc1ccc(NC(=O)C2(OCC)CCCC(C)C2)cn1. The van der Waals surface area contributed by atoms with Gasteiger partial charge in [0, 0.05) is 12.7 Å². The standard InChI is InChI=1S/C17H26N2O3/c1-4-21-15-9-8-14(12-18-15)19-16(20)17(22-5-2)10-6-7-13(3)11-17/h8-9,12-13H,4-7,10-11H2,1-3H3,(H,19,20). The number of ether oxygens (including phenoxy) is 2. The molecule has 0 bridgehead atoms. The number of hydrogen-bond donors (Lipinski definition) is 1. The fourth-order valence-electron chi connectivity index (χ4n) is 3.11. The van der Waals surface area contributed by atoms with E-state index in [9.17, 15) is 4.79 Å². The summed E-state index contributed by atoms with van der Waals surface area (Å²) < 4.78 is 11.2. The Morgan fingerprint density at radius 2 is 2.23 bits per heavy atom. The molecule has 1 aliphatic rings. The van der Waals surface area contributed by atoms with Crippen LogP contribution in [0.2, 0.25) is 0 Å². The highest BCUT2D eigenvalue weighted by atomic mass is 16.5. The van der Waals surface area contributed by atoms with Crippen LogP contribution < -0.4 is 10.1 Å². The minimum absolute atomic E-state index is 0.0631. The lowest BCUT2D eigenvalue weighted by Crippen LogP contribution is -2.48. The zero-order valence-electron chi connectivity index (χ0n) is 13.7. The summed E-state index contributed by atoms with van der Waals surface area (Å²) >= 11 is 0. The molecule has 0 aliphatic heterocycles. The van der Waals surface area contributed by atoms with Gasteiger partial charge in [-0.25, -0.2) is 4.98 Å². The van der Waals surface area contributed by atoms with Crippen LogP contribution >= 0.6 is 0 Å². The molecule has 1 fully saturated rings. The predicted octanol–water partition coefficient (Wildman–Crippen LogP) is 3.40. The van der Waals surface area contributed by atoms with Gasteiger partial charge in [-0.15, -0.1) is 0 Å². The van der Waals surface area contributed by atoms with Crippen LogP contribution in [0, 0.1) is 5.92 Å². The van der Waals surface area contributed by atoms with Gasteiger partial charge in [-0.1, -0.05) is 13.3 Å². The molecule has 1 aromatic rings. The third-order valence-corrected chi connectivity index (χ3v) is 4.08. The van der Waals surface area contributed by atoms with Crippen LogP contribution in [0.3, 0.4) is 0 Å². The molecular weight excluding hydrogens is 280 g/mol. The van der Waals surface area contributed by atoms with E-state index in [-0.39, 0.29) is 5.91 Å². The number of aromatic nitrogens is 1. The lowest BCUT2D eigenvalue weighted by atomic mass is 9.78. The molecule has 1 saturated carbocycles. The maximum Gasteiger partial charge on any atom is 0.256 e. The smallest absolute Gasteiger partial charge is 0.256 e. The minimum atomic E-state index is -0.703. The molecule has 2 rings (SSSR count). The van der Waals surface area contributed by atoms with Crippen LogP contribution in [0.4, 0.5) is 5.69 Å². The van der Waals surface area contributed by atoms with Gasteiger partial charge in [0.15, 0.2) is 0 Å². The number of nitrogens with zero attached hydrogens (tertiary/aromatic N) is 1. The molecule has 22 heavy (non-hydrogen) atoms. The Morgan fingerprint density at radius 1 is 1.41 bits per heavy atom. The van der Waals surface area contributed by atoms with Crippen LogP contribution in [0.15, 0.2) is 18.3 Å². The molecule has 1 aliphatic carbocycles. The quantitative estimate of drug-likeness (QED) is 0.875. The number of rotatable bonds is 6. The van der Waals surface area contributed by atoms with E-state index in [2.05, 4.69) is 17.2 Å². The van der Waals surface area contributed by atoms with Crippen LogP contribution in [0.5, 0.6) is 5.88 Å².